The molecule has 0 amide bonds. The van der Waals surface area contributed by atoms with E-state index in [-0.39, 0.29) is 0 Å². The molecule has 0 aliphatic heterocycles. The molecule has 0 N–H and O–H groups in total. The summed E-state index contributed by atoms with van der Waals surface area (Å²) in [6.07, 6.45) is 0.693. The lowest BCUT2D eigenvalue weighted by molar-refractivity contribution is 1.20. The van der Waals surface area contributed by atoms with E-state index in [9.17, 15) is 10.5 Å². The first-order chi connectivity index (χ1) is 12.3. The number of nitriles is 2. The molecular formula is C23H14N2. The molecule has 4 aromatic rings. The van der Waals surface area contributed by atoms with Gasteiger partial charge < -0.3 is 0 Å². The van der Waals surface area contributed by atoms with Crippen molar-refractivity contribution >= 4 is 21.5 Å². The van der Waals surface area contributed by atoms with E-state index in [4.69, 9.17) is 0 Å². The predicted molar refractivity (Wildman–Crippen MR) is 100 cm³/mol. The van der Waals surface area contributed by atoms with Crippen molar-refractivity contribution in [3.8, 4) is 12.1 Å². The molecule has 4 aromatic carbocycles. The highest BCUT2D eigenvalue weighted by atomic mass is 14.3. The highest BCUT2D eigenvalue weighted by Crippen LogP contribution is 2.25. The van der Waals surface area contributed by atoms with E-state index < -0.39 is 0 Å². The van der Waals surface area contributed by atoms with E-state index in [2.05, 4.69) is 24.3 Å². The first-order valence-electron chi connectivity index (χ1n) is 8.12. The minimum absolute atomic E-state index is 0.689. The molecule has 0 radical (unpaired) electrons. The lowest BCUT2D eigenvalue weighted by atomic mass is 9.95. The minimum atomic E-state index is 0.689. The zero-order valence-corrected chi connectivity index (χ0v) is 13.5. The van der Waals surface area contributed by atoms with Crippen LogP contribution in [0, 0.1) is 22.7 Å². The van der Waals surface area contributed by atoms with Gasteiger partial charge in [-0.15, -0.1) is 0 Å². The van der Waals surface area contributed by atoms with Gasteiger partial charge in [0, 0.05) is 0 Å². The van der Waals surface area contributed by atoms with Crippen LogP contribution in [0.2, 0.25) is 0 Å². The van der Waals surface area contributed by atoms with E-state index in [1.165, 1.54) is 0 Å². The van der Waals surface area contributed by atoms with Crippen molar-refractivity contribution in [1.82, 2.24) is 0 Å². The van der Waals surface area contributed by atoms with Gasteiger partial charge in [-0.05, 0) is 51.2 Å². The second-order valence-electron chi connectivity index (χ2n) is 6.13. The monoisotopic (exact) mass is 318 g/mol. The molecule has 0 atom stereocenters. The van der Waals surface area contributed by atoms with Crippen LogP contribution in [0.25, 0.3) is 21.5 Å². The number of hydrogen-bond acceptors (Lipinski definition) is 2. The zero-order valence-electron chi connectivity index (χ0n) is 13.5. The van der Waals surface area contributed by atoms with E-state index in [1.54, 1.807) is 0 Å². The fourth-order valence-electron chi connectivity index (χ4n) is 3.37. The quantitative estimate of drug-likeness (QED) is 0.501. The Labute approximate surface area is 146 Å². The molecule has 0 saturated carbocycles. The molecule has 2 heteroatoms. The molecule has 0 saturated heterocycles. The maximum Gasteiger partial charge on any atom is 0.0998 e. The average Bonchev–Trinajstić information content (AvgIpc) is 2.66. The Morgan fingerprint density at radius 3 is 1.48 bits per heavy atom. The van der Waals surface area contributed by atoms with Crippen LogP contribution >= 0.6 is 0 Å². The third-order valence-electron chi connectivity index (χ3n) is 4.49. The van der Waals surface area contributed by atoms with Gasteiger partial charge in [-0.1, -0.05) is 60.7 Å². The normalized spacial score (nSPS) is 10.5. The Kier molecular flexibility index (Phi) is 3.65. The molecule has 4 rings (SSSR count). The van der Waals surface area contributed by atoms with Gasteiger partial charge in [0.1, 0.15) is 0 Å². The fraction of sp³-hybridized carbons (Fsp3) is 0.0435. The third kappa shape index (κ3) is 2.71. The first-order valence-corrected chi connectivity index (χ1v) is 8.12. The zero-order chi connectivity index (χ0) is 17.2. The number of rotatable bonds is 2. The Bertz CT molecular complexity index is 1100. The summed E-state index contributed by atoms with van der Waals surface area (Å²) >= 11 is 0. The molecule has 0 aliphatic rings. The van der Waals surface area contributed by atoms with Crippen LogP contribution in [0.3, 0.4) is 0 Å². The summed E-state index contributed by atoms with van der Waals surface area (Å²) in [5.74, 6) is 0. The van der Waals surface area contributed by atoms with Crippen molar-refractivity contribution in [3.05, 3.63) is 95.1 Å². The summed E-state index contributed by atoms with van der Waals surface area (Å²) < 4.78 is 0. The van der Waals surface area contributed by atoms with Gasteiger partial charge in [-0.3, -0.25) is 0 Å². The maximum atomic E-state index is 9.46. The van der Waals surface area contributed by atoms with Gasteiger partial charge in [-0.2, -0.15) is 10.5 Å². The SMILES string of the molecule is N#Cc1cc(Cc2cc(C#N)c3ccccc3c2)cc2ccccc12. The van der Waals surface area contributed by atoms with Crippen molar-refractivity contribution in [2.24, 2.45) is 0 Å². The lowest BCUT2D eigenvalue weighted by Crippen LogP contribution is -1.93. The predicted octanol–water partition coefficient (Wildman–Crippen LogP) is 5.33. The molecule has 0 aromatic heterocycles. The average molecular weight is 318 g/mol. The topological polar surface area (TPSA) is 47.6 Å². The summed E-state index contributed by atoms with van der Waals surface area (Å²) in [5, 5.41) is 23.0. The van der Waals surface area contributed by atoms with Gasteiger partial charge in [0.2, 0.25) is 0 Å². The molecule has 0 spiro atoms. The summed E-state index contributed by atoms with van der Waals surface area (Å²) in [7, 11) is 0. The summed E-state index contributed by atoms with van der Waals surface area (Å²) in [5.41, 5.74) is 3.53. The molecular weight excluding hydrogens is 304 g/mol. The summed E-state index contributed by atoms with van der Waals surface area (Å²) in [4.78, 5) is 0. The largest absolute Gasteiger partial charge is 0.192 e. The molecule has 116 valence electrons. The van der Waals surface area contributed by atoms with Crippen LogP contribution in [0.5, 0.6) is 0 Å². The van der Waals surface area contributed by atoms with Crippen molar-refractivity contribution in [3.63, 3.8) is 0 Å². The van der Waals surface area contributed by atoms with Crippen LogP contribution in [-0.4, -0.2) is 0 Å². The van der Waals surface area contributed by atoms with E-state index >= 15 is 0 Å². The van der Waals surface area contributed by atoms with Crippen molar-refractivity contribution < 1.29 is 0 Å². The van der Waals surface area contributed by atoms with Crippen LogP contribution in [0.1, 0.15) is 22.3 Å². The Morgan fingerprint density at radius 2 is 1.04 bits per heavy atom. The van der Waals surface area contributed by atoms with Crippen molar-refractivity contribution in [1.29, 1.82) is 10.5 Å². The van der Waals surface area contributed by atoms with Gasteiger partial charge in [0.25, 0.3) is 0 Å². The molecule has 0 aliphatic carbocycles. The van der Waals surface area contributed by atoms with E-state index in [0.29, 0.717) is 17.5 Å². The fourth-order valence-corrected chi connectivity index (χ4v) is 3.37. The number of nitrogens with zero attached hydrogens (tertiary/aromatic N) is 2. The molecule has 0 unspecified atom stereocenters. The second-order valence-corrected chi connectivity index (χ2v) is 6.13. The van der Waals surface area contributed by atoms with Crippen molar-refractivity contribution in [2.75, 3.05) is 0 Å². The Balaban J connectivity index is 1.83. The summed E-state index contributed by atoms with van der Waals surface area (Å²) in [6, 6.07) is 28.6. The van der Waals surface area contributed by atoms with Gasteiger partial charge in [0.15, 0.2) is 0 Å². The Hall–Kier alpha value is -3.62. The second kappa shape index (κ2) is 6.11. The van der Waals surface area contributed by atoms with Crippen LogP contribution in [-0.2, 0) is 6.42 Å². The Morgan fingerprint density at radius 1 is 0.600 bits per heavy atom. The maximum absolute atomic E-state index is 9.46. The number of benzene rings is 4. The third-order valence-corrected chi connectivity index (χ3v) is 4.49. The molecule has 25 heavy (non-hydrogen) atoms. The molecule has 0 heterocycles. The highest BCUT2D eigenvalue weighted by molar-refractivity contribution is 5.90. The van der Waals surface area contributed by atoms with Crippen LogP contribution in [0.15, 0.2) is 72.8 Å². The molecule has 0 fully saturated rings. The molecule has 2 nitrogen and oxygen atoms in total. The van der Waals surface area contributed by atoms with E-state index in [0.717, 1.165) is 32.7 Å². The lowest BCUT2D eigenvalue weighted by Gasteiger charge is -2.09. The number of fused-ring (bicyclic) bond motifs is 2. The smallest absolute Gasteiger partial charge is 0.0998 e. The van der Waals surface area contributed by atoms with Crippen molar-refractivity contribution in [2.45, 2.75) is 6.42 Å². The summed E-state index contributed by atoms with van der Waals surface area (Å²) in [6.45, 7) is 0. The highest BCUT2D eigenvalue weighted by Gasteiger charge is 2.07. The van der Waals surface area contributed by atoms with Gasteiger partial charge >= 0.3 is 0 Å². The minimum Gasteiger partial charge on any atom is -0.192 e. The van der Waals surface area contributed by atoms with Crippen LogP contribution < -0.4 is 0 Å². The van der Waals surface area contributed by atoms with Gasteiger partial charge in [0.05, 0.1) is 23.3 Å². The molecule has 0 bridgehead atoms. The number of hydrogen-bond donors (Lipinski definition) is 0. The van der Waals surface area contributed by atoms with E-state index in [1.807, 2.05) is 60.7 Å². The van der Waals surface area contributed by atoms with Crippen LogP contribution in [0.4, 0.5) is 0 Å². The standard InChI is InChI=1S/C23H14N2/c24-14-20-12-16(10-18-5-1-3-7-22(18)20)9-17-11-19-6-2-4-8-23(19)21(13-17)15-25/h1-8,10-13H,9H2. The van der Waals surface area contributed by atoms with Gasteiger partial charge in [-0.25, -0.2) is 0 Å². The first kappa shape index (κ1) is 14.9.